The topological polar surface area (TPSA) is 87.6 Å². The van der Waals surface area contributed by atoms with Crippen molar-refractivity contribution in [1.29, 1.82) is 0 Å². The molecule has 0 aliphatic carbocycles. The van der Waals surface area contributed by atoms with Gasteiger partial charge in [0.2, 0.25) is 11.8 Å². The first-order valence-corrected chi connectivity index (χ1v) is 8.73. The molecule has 3 rings (SSSR count). The number of aromatic nitrogens is 2. The lowest BCUT2D eigenvalue weighted by molar-refractivity contribution is -0.123. The van der Waals surface area contributed by atoms with Gasteiger partial charge in [-0.3, -0.25) is 14.6 Å². The fourth-order valence-corrected chi connectivity index (χ4v) is 2.90. The SMILES string of the molecule is CCc1noc([C@@H](C)N2CCN(CC(=O)NCc3ccco3)CC2)n1. The van der Waals surface area contributed by atoms with Crippen molar-refractivity contribution < 1.29 is 13.7 Å². The number of carbonyl (C=O) groups excluding carboxylic acids is 1. The van der Waals surface area contributed by atoms with Crippen LogP contribution in [0.3, 0.4) is 0 Å². The average molecular weight is 347 g/mol. The largest absolute Gasteiger partial charge is 0.467 e. The van der Waals surface area contributed by atoms with Crippen molar-refractivity contribution >= 4 is 5.91 Å². The Labute approximate surface area is 147 Å². The van der Waals surface area contributed by atoms with E-state index in [2.05, 4.69) is 32.2 Å². The molecule has 0 aromatic carbocycles. The van der Waals surface area contributed by atoms with Gasteiger partial charge in [0.25, 0.3) is 0 Å². The second-order valence-corrected chi connectivity index (χ2v) is 6.25. The summed E-state index contributed by atoms with van der Waals surface area (Å²) in [5, 5.41) is 6.84. The molecular weight excluding hydrogens is 322 g/mol. The number of amides is 1. The highest BCUT2D eigenvalue weighted by Crippen LogP contribution is 2.20. The highest BCUT2D eigenvalue weighted by Gasteiger charge is 2.26. The maximum Gasteiger partial charge on any atom is 0.243 e. The second kappa shape index (κ2) is 8.26. The van der Waals surface area contributed by atoms with Crippen LogP contribution in [0.15, 0.2) is 27.3 Å². The van der Waals surface area contributed by atoms with Gasteiger partial charge in [0.1, 0.15) is 5.76 Å². The summed E-state index contributed by atoms with van der Waals surface area (Å²) in [6, 6.07) is 3.76. The molecule has 1 N–H and O–H groups in total. The Kier molecular flexibility index (Phi) is 5.83. The Morgan fingerprint density at radius 3 is 2.80 bits per heavy atom. The maximum atomic E-state index is 12.0. The van der Waals surface area contributed by atoms with Crippen LogP contribution in [0.25, 0.3) is 0 Å². The predicted octanol–water partition coefficient (Wildman–Crippen LogP) is 1.22. The molecule has 0 spiro atoms. The summed E-state index contributed by atoms with van der Waals surface area (Å²) in [4.78, 5) is 20.9. The number of furan rings is 1. The molecule has 1 saturated heterocycles. The summed E-state index contributed by atoms with van der Waals surface area (Å²) in [7, 11) is 0. The molecule has 1 aliphatic rings. The van der Waals surface area contributed by atoms with Crippen LogP contribution in [-0.4, -0.2) is 58.6 Å². The van der Waals surface area contributed by atoms with E-state index in [0.717, 1.165) is 44.2 Å². The van der Waals surface area contributed by atoms with Crippen molar-refractivity contribution in [3.05, 3.63) is 35.9 Å². The highest BCUT2D eigenvalue weighted by atomic mass is 16.5. The van der Waals surface area contributed by atoms with Crippen LogP contribution < -0.4 is 5.32 Å². The highest BCUT2D eigenvalue weighted by molar-refractivity contribution is 5.77. The monoisotopic (exact) mass is 347 g/mol. The Bertz CT molecular complexity index is 662. The first-order chi connectivity index (χ1) is 12.2. The molecule has 8 nitrogen and oxygen atoms in total. The summed E-state index contributed by atoms with van der Waals surface area (Å²) < 4.78 is 10.6. The van der Waals surface area contributed by atoms with Crippen molar-refractivity contribution in [1.82, 2.24) is 25.3 Å². The van der Waals surface area contributed by atoms with Gasteiger partial charge in [-0.15, -0.1) is 0 Å². The number of nitrogens with zero attached hydrogens (tertiary/aromatic N) is 4. The Balaban J connectivity index is 1.41. The van der Waals surface area contributed by atoms with Gasteiger partial charge in [0.15, 0.2) is 5.82 Å². The summed E-state index contributed by atoms with van der Waals surface area (Å²) in [5.74, 6) is 2.19. The van der Waals surface area contributed by atoms with Gasteiger partial charge in [-0.2, -0.15) is 4.98 Å². The third-order valence-corrected chi connectivity index (χ3v) is 4.52. The molecule has 3 heterocycles. The molecule has 136 valence electrons. The summed E-state index contributed by atoms with van der Waals surface area (Å²) in [6.07, 6.45) is 2.38. The minimum atomic E-state index is 0.0161. The predicted molar refractivity (Wildman–Crippen MR) is 90.7 cm³/mol. The molecule has 1 aliphatic heterocycles. The van der Waals surface area contributed by atoms with E-state index in [1.165, 1.54) is 0 Å². The lowest BCUT2D eigenvalue weighted by Crippen LogP contribution is -2.49. The minimum absolute atomic E-state index is 0.0161. The van der Waals surface area contributed by atoms with Crippen LogP contribution in [0, 0.1) is 0 Å². The van der Waals surface area contributed by atoms with E-state index in [1.54, 1.807) is 6.26 Å². The molecule has 2 aromatic heterocycles. The van der Waals surface area contributed by atoms with Gasteiger partial charge >= 0.3 is 0 Å². The number of nitrogens with one attached hydrogen (secondary N) is 1. The first kappa shape index (κ1) is 17.6. The second-order valence-electron chi connectivity index (χ2n) is 6.25. The fourth-order valence-electron chi connectivity index (χ4n) is 2.90. The van der Waals surface area contributed by atoms with E-state index in [4.69, 9.17) is 8.94 Å². The molecule has 0 bridgehead atoms. The maximum absolute atomic E-state index is 12.0. The number of piperazine rings is 1. The molecule has 1 amide bonds. The first-order valence-electron chi connectivity index (χ1n) is 8.73. The fraction of sp³-hybridized carbons (Fsp3) is 0.588. The van der Waals surface area contributed by atoms with E-state index in [9.17, 15) is 4.79 Å². The number of hydrogen-bond donors (Lipinski definition) is 1. The zero-order valence-electron chi connectivity index (χ0n) is 14.8. The van der Waals surface area contributed by atoms with Crippen LogP contribution in [0.2, 0.25) is 0 Å². The molecule has 0 radical (unpaired) electrons. The van der Waals surface area contributed by atoms with Crippen molar-refractivity contribution in [2.24, 2.45) is 0 Å². The molecule has 25 heavy (non-hydrogen) atoms. The van der Waals surface area contributed by atoms with Gasteiger partial charge in [0, 0.05) is 32.6 Å². The van der Waals surface area contributed by atoms with Crippen LogP contribution >= 0.6 is 0 Å². The number of aryl methyl sites for hydroxylation is 1. The number of carbonyl (C=O) groups is 1. The van der Waals surface area contributed by atoms with Crippen molar-refractivity contribution in [2.75, 3.05) is 32.7 Å². The molecular formula is C17H25N5O3. The van der Waals surface area contributed by atoms with Crippen molar-refractivity contribution in [2.45, 2.75) is 32.9 Å². The van der Waals surface area contributed by atoms with Crippen LogP contribution in [0.5, 0.6) is 0 Å². The Morgan fingerprint density at radius 2 is 2.16 bits per heavy atom. The van der Waals surface area contributed by atoms with Gasteiger partial charge in [0.05, 0.1) is 25.4 Å². The van der Waals surface area contributed by atoms with Crippen LogP contribution in [0.1, 0.15) is 37.4 Å². The molecule has 0 saturated carbocycles. The zero-order chi connectivity index (χ0) is 17.6. The van der Waals surface area contributed by atoms with Gasteiger partial charge in [-0.05, 0) is 19.1 Å². The normalized spacial score (nSPS) is 17.5. The quantitative estimate of drug-likeness (QED) is 0.806. The number of rotatable bonds is 7. The van der Waals surface area contributed by atoms with Gasteiger partial charge < -0.3 is 14.3 Å². The number of hydrogen-bond acceptors (Lipinski definition) is 7. The molecule has 8 heteroatoms. The van der Waals surface area contributed by atoms with E-state index >= 15 is 0 Å². The molecule has 0 unspecified atom stereocenters. The van der Waals surface area contributed by atoms with Gasteiger partial charge in [-0.25, -0.2) is 0 Å². The third kappa shape index (κ3) is 4.67. The van der Waals surface area contributed by atoms with Crippen LogP contribution in [0.4, 0.5) is 0 Å². The zero-order valence-corrected chi connectivity index (χ0v) is 14.8. The molecule has 2 aromatic rings. The third-order valence-electron chi connectivity index (χ3n) is 4.52. The van der Waals surface area contributed by atoms with Crippen molar-refractivity contribution in [3.8, 4) is 0 Å². The Hall–Kier alpha value is -2.19. The summed E-state index contributed by atoms with van der Waals surface area (Å²) in [5.41, 5.74) is 0. The van der Waals surface area contributed by atoms with E-state index in [-0.39, 0.29) is 11.9 Å². The standard InChI is InChI=1S/C17H25N5O3/c1-3-15-19-17(25-20-15)13(2)22-8-6-21(7-9-22)12-16(23)18-11-14-5-4-10-24-14/h4-5,10,13H,3,6-9,11-12H2,1-2H3,(H,18,23)/t13-/m1/s1. The van der Waals surface area contributed by atoms with E-state index in [1.807, 2.05) is 19.1 Å². The Morgan fingerprint density at radius 1 is 1.36 bits per heavy atom. The van der Waals surface area contributed by atoms with Gasteiger partial charge in [-0.1, -0.05) is 12.1 Å². The molecule has 1 fully saturated rings. The average Bonchev–Trinajstić information content (AvgIpc) is 3.31. The lowest BCUT2D eigenvalue weighted by atomic mass is 10.2. The van der Waals surface area contributed by atoms with E-state index < -0.39 is 0 Å². The molecule has 1 atom stereocenters. The summed E-state index contributed by atoms with van der Waals surface area (Å²) in [6.45, 7) is 8.35. The summed E-state index contributed by atoms with van der Waals surface area (Å²) >= 11 is 0. The van der Waals surface area contributed by atoms with Crippen molar-refractivity contribution in [3.63, 3.8) is 0 Å². The lowest BCUT2D eigenvalue weighted by Gasteiger charge is -2.36. The minimum Gasteiger partial charge on any atom is -0.467 e. The smallest absolute Gasteiger partial charge is 0.243 e. The van der Waals surface area contributed by atoms with Crippen LogP contribution in [-0.2, 0) is 17.8 Å². The van der Waals surface area contributed by atoms with E-state index in [0.29, 0.717) is 19.0 Å².